The second-order valence-electron chi connectivity index (χ2n) is 6.07. The van der Waals surface area contributed by atoms with Crippen LogP contribution in [0.4, 0.5) is 0 Å². The van der Waals surface area contributed by atoms with Crippen LogP contribution in [0, 0.1) is 0 Å². The molecule has 1 aromatic rings. The van der Waals surface area contributed by atoms with Gasteiger partial charge in [0.15, 0.2) is 5.96 Å². The van der Waals surface area contributed by atoms with Crippen LogP contribution in [0.2, 0.25) is 0 Å². The minimum absolute atomic E-state index is 0.0719. The first-order valence-corrected chi connectivity index (χ1v) is 9.74. The number of aliphatic imine (C=N–C) groups is 1. The molecule has 2 N–H and O–H groups in total. The van der Waals surface area contributed by atoms with Crippen molar-refractivity contribution in [2.45, 2.75) is 64.5 Å². The Morgan fingerprint density at radius 3 is 2.71 bits per heavy atom. The van der Waals surface area contributed by atoms with Crippen molar-refractivity contribution < 1.29 is 9.53 Å². The van der Waals surface area contributed by atoms with Gasteiger partial charge in [0.2, 0.25) is 0 Å². The molecule has 0 bridgehead atoms. The van der Waals surface area contributed by atoms with Crippen LogP contribution in [0.15, 0.2) is 17.1 Å². The van der Waals surface area contributed by atoms with Gasteiger partial charge >= 0.3 is 5.97 Å². The lowest BCUT2D eigenvalue weighted by molar-refractivity contribution is -0.148. The second kappa shape index (κ2) is 10.3. The minimum Gasteiger partial charge on any atom is -0.462 e. The third-order valence-corrected chi connectivity index (χ3v) is 5.40. The van der Waals surface area contributed by atoms with Gasteiger partial charge in [0.1, 0.15) is 6.10 Å². The van der Waals surface area contributed by atoms with Crippen molar-refractivity contribution in [1.82, 2.24) is 10.6 Å². The Labute approximate surface area is 148 Å². The van der Waals surface area contributed by atoms with Gasteiger partial charge in [-0.25, -0.2) is 0 Å². The summed E-state index contributed by atoms with van der Waals surface area (Å²) in [6.07, 6.45) is 6.90. The van der Waals surface area contributed by atoms with Gasteiger partial charge in [0, 0.05) is 29.8 Å². The number of aryl methyl sites for hydroxylation is 1. The number of carbonyl (C=O) groups excluding carboxylic acids is 1. The van der Waals surface area contributed by atoms with Crippen LogP contribution in [0.5, 0.6) is 0 Å². The van der Waals surface area contributed by atoms with Crippen molar-refractivity contribution >= 4 is 23.3 Å². The maximum absolute atomic E-state index is 11.8. The Morgan fingerprint density at radius 1 is 1.29 bits per heavy atom. The van der Waals surface area contributed by atoms with Gasteiger partial charge in [-0.1, -0.05) is 6.92 Å². The maximum atomic E-state index is 11.8. The Balaban J connectivity index is 1.58. The molecule has 5 nitrogen and oxygen atoms in total. The highest BCUT2D eigenvalue weighted by Gasteiger charge is 2.18. The number of thiophene rings is 1. The number of nitrogens with zero attached hydrogens (tertiary/aromatic N) is 1. The number of rotatable bonds is 8. The van der Waals surface area contributed by atoms with Gasteiger partial charge in [-0.15, -0.1) is 11.3 Å². The number of hydrogen-bond donors (Lipinski definition) is 2. The van der Waals surface area contributed by atoms with E-state index in [2.05, 4.69) is 34.7 Å². The number of hydrogen-bond acceptors (Lipinski definition) is 4. The molecule has 0 amide bonds. The van der Waals surface area contributed by atoms with Crippen molar-refractivity contribution in [3.63, 3.8) is 0 Å². The molecule has 134 valence electrons. The van der Waals surface area contributed by atoms with E-state index >= 15 is 0 Å². The predicted molar refractivity (Wildman–Crippen MR) is 99.5 cm³/mol. The van der Waals surface area contributed by atoms with E-state index in [1.54, 1.807) is 7.05 Å². The molecule has 0 saturated heterocycles. The summed E-state index contributed by atoms with van der Waals surface area (Å²) >= 11 is 1.83. The summed E-state index contributed by atoms with van der Waals surface area (Å²) in [5, 5.41) is 6.55. The Hall–Kier alpha value is -1.56. The normalized spacial score (nSPS) is 15.5. The van der Waals surface area contributed by atoms with Crippen LogP contribution >= 0.6 is 11.3 Å². The maximum Gasteiger partial charge on any atom is 0.306 e. The SMILES string of the molecule is CCc1ccc(CNC(=NC)NCCCC(=O)OC2CCCC2)s1. The summed E-state index contributed by atoms with van der Waals surface area (Å²) in [6.45, 7) is 3.65. The van der Waals surface area contributed by atoms with E-state index in [-0.39, 0.29) is 12.1 Å². The van der Waals surface area contributed by atoms with Crippen LogP contribution in [0.1, 0.15) is 55.2 Å². The molecule has 1 heterocycles. The summed E-state index contributed by atoms with van der Waals surface area (Å²) in [7, 11) is 1.76. The largest absolute Gasteiger partial charge is 0.462 e. The fourth-order valence-electron chi connectivity index (χ4n) is 2.79. The minimum atomic E-state index is -0.0719. The lowest BCUT2D eigenvalue weighted by atomic mass is 10.3. The number of nitrogens with one attached hydrogen (secondary N) is 2. The van der Waals surface area contributed by atoms with E-state index in [0.29, 0.717) is 13.0 Å². The van der Waals surface area contributed by atoms with E-state index in [9.17, 15) is 4.79 Å². The third-order valence-electron chi connectivity index (χ3n) is 4.17. The second-order valence-corrected chi connectivity index (χ2v) is 7.33. The number of esters is 1. The van der Waals surface area contributed by atoms with Crippen LogP contribution in [-0.2, 0) is 22.5 Å². The van der Waals surface area contributed by atoms with Crippen LogP contribution in [0.25, 0.3) is 0 Å². The van der Waals surface area contributed by atoms with Crippen molar-refractivity contribution in [2.24, 2.45) is 4.99 Å². The molecule has 0 atom stereocenters. The molecule has 1 aromatic heterocycles. The Bertz CT molecular complexity index is 536. The highest BCUT2D eigenvalue weighted by Crippen LogP contribution is 2.21. The smallest absolute Gasteiger partial charge is 0.306 e. The van der Waals surface area contributed by atoms with Crippen molar-refractivity contribution in [3.8, 4) is 0 Å². The molecule has 0 aromatic carbocycles. The van der Waals surface area contributed by atoms with Gasteiger partial charge in [-0.2, -0.15) is 0 Å². The first-order chi connectivity index (χ1) is 11.7. The molecule has 0 radical (unpaired) electrons. The molecule has 24 heavy (non-hydrogen) atoms. The standard InChI is InChI=1S/C18H29N3O2S/c1-3-15-10-11-16(24-15)13-21-18(19-2)20-12-6-9-17(22)23-14-7-4-5-8-14/h10-11,14H,3-9,12-13H2,1-2H3,(H2,19,20,21). The number of guanidine groups is 1. The fraction of sp³-hybridized carbons (Fsp3) is 0.667. The molecule has 0 aliphatic heterocycles. The van der Waals surface area contributed by atoms with E-state index < -0.39 is 0 Å². The zero-order valence-corrected chi connectivity index (χ0v) is 15.6. The number of carbonyl (C=O) groups is 1. The highest BCUT2D eigenvalue weighted by molar-refractivity contribution is 7.11. The van der Waals surface area contributed by atoms with Gasteiger partial charge in [-0.05, 0) is 50.7 Å². The predicted octanol–water partition coefficient (Wildman–Crippen LogP) is 3.24. The van der Waals surface area contributed by atoms with Gasteiger partial charge in [0.05, 0.1) is 6.54 Å². The molecular formula is C18H29N3O2S. The zero-order chi connectivity index (χ0) is 17.2. The van der Waals surface area contributed by atoms with Gasteiger partial charge in [-0.3, -0.25) is 9.79 Å². The summed E-state index contributed by atoms with van der Waals surface area (Å²) in [5.74, 6) is 0.697. The van der Waals surface area contributed by atoms with Crippen molar-refractivity contribution in [3.05, 3.63) is 21.9 Å². The lowest BCUT2D eigenvalue weighted by Gasteiger charge is -2.12. The van der Waals surface area contributed by atoms with E-state index in [1.165, 1.54) is 22.6 Å². The molecule has 0 unspecified atom stereocenters. The van der Waals surface area contributed by atoms with Gasteiger partial charge < -0.3 is 15.4 Å². The van der Waals surface area contributed by atoms with Crippen molar-refractivity contribution in [2.75, 3.05) is 13.6 Å². The quantitative estimate of drug-likeness (QED) is 0.327. The topological polar surface area (TPSA) is 62.7 Å². The Morgan fingerprint density at radius 2 is 2.04 bits per heavy atom. The van der Waals surface area contributed by atoms with Crippen molar-refractivity contribution in [1.29, 1.82) is 0 Å². The highest BCUT2D eigenvalue weighted by atomic mass is 32.1. The average Bonchev–Trinajstić information content (AvgIpc) is 3.25. The summed E-state index contributed by atoms with van der Waals surface area (Å²) in [4.78, 5) is 18.7. The molecule has 0 spiro atoms. The molecule has 1 fully saturated rings. The van der Waals surface area contributed by atoms with Gasteiger partial charge in [0.25, 0.3) is 0 Å². The molecule has 6 heteroatoms. The molecule has 2 rings (SSSR count). The van der Waals surface area contributed by atoms with Crippen LogP contribution < -0.4 is 10.6 Å². The first-order valence-electron chi connectivity index (χ1n) is 8.93. The average molecular weight is 352 g/mol. The first kappa shape index (κ1) is 18.8. The summed E-state index contributed by atoms with van der Waals surface area (Å²) in [6, 6.07) is 4.33. The third kappa shape index (κ3) is 6.51. The Kier molecular flexibility index (Phi) is 8.08. The van der Waals surface area contributed by atoms with Crippen LogP contribution in [-0.4, -0.2) is 31.6 Å². The molecule has 1 aliphatic rings. The monoisotopic (exact) mass is 351 g/mol. The zero-order valence-electron chi connectivity index (χ0n) is 14.8. The number of ether oxygens (including phenoxy) is 1. The van der Waals surface area contributed by atoms with E-state index in [1.807, 2.05) is 11.3 Å². The molecule has 1 aliphatic carbocycles. The van der Waals surface area contributed by atoms with E-state index in [0.717, 1.165) is 38.2 Å². The van der Waals surface area contributed by atoms with Crippen LogP contribution in [0.3, 0.4) is 0 Å². The molecular weight excluding hydrogens is 322 g/mol. The molecule has 1 saturated carbocycles. The van der Waals surface area contributed by atoms with E-state index in [4.69, 9.17) is 4.74 Å². The lowest BCUT2D eigenvalue weighted by Crippen LogP contribution is -2.37. The summed E-state index contributed by atoms with van der Waals surface area (Å²) in [5.41, 5.74) is 0. The fourth-order valence-corrected chi connectivity index (χ4v) is 3.69. The summed E-state index contributed by atoms with van der Waals surface area (Å²) < 4.78 is 5.45.